The van der Waals surface area contributed by atoms with Gasteiger partial charge in [-0.15, -0.1) is 6.58 Å². The third-order valence-electron chi connectivity index (χ3n) is 2.53. The van der Waals surface area contributed by atoms with Crippen LogP contribution in [0.25, 0.3) is 0 Å². The molecule has 0 radical (unpaired) electrons. The van der Waals surface area contributed by atoms with Crippen LogP contribution in [-0.4, -0.2) is 44.7 Å². The first kappa shape index (κ1) is 11.7. The van der Waals surface area contributed by atoms with Crippen LogP contribution in [0.3, 0.4) is 0 Å². The monoisotopic (exact) mass is 218 g/mol. The Morgan fingerprint density at radius 1 is 1.50 bits per heavy atom. The van der Waals surface area contributed by atoms with Crippen molar-refractivity contribution in [2.45, 2.75) is 18.1 Å². The smallest absolute Gasteiger partial charge is 0.217 e. The Morgan fingerprint density at radius 3 is 2.57 bits per heavy atom. The summed E-state index contributed by atoms with van der Waals surface area (Å²) in [6.45, 7) is 5.53. The highest BCUT2D eigenvalue weighted by molar-refractivity contribution is 7.89. The molecule has 0 spiro atoms. The Balaban J connectivity index is 2.67. The Bertz CT molecular complexity index is 281. The van der Waals surface area contributed by atoms with E-state index in [0.717, 1.165) is 13.1 Å². The molecule has 1 fully saturated rings. The van der Waals surface area contributed by atoms with Gasteiger partial charge in [0.2, 0.25) is 10.0 Å². The predicted molar refractivity (Wildman–Crippen MR) is 57.6 cm³/mol. The molecule has 82 valence electrons. The predicted octanol–water partition coefficient (Wildman–Crippen LogP) is 0.186. The lowest BCUT2D eigenvalue weighted by Crippen LogP contribution is -2.42. The minimum Gasteiger partial charge on any atom is -0.317 e. The highest BCUT2D eigenvalue weighted by Crippen LogP contribution is 2.16. The van der Waals surface area contributed by atoms with Crippen molar-refractivity contribution in [2.75, 3.05) is 26.7 Å². The average molecular weight is 218 g/mol. The standard InChI is InChI=1S/C9H18N2O2S/c1-3-8-11(2)14(12,13)9-4-6-10-7-5-9/h3,9-10H,1,4-8H2,2H3. The van der Waals surface area contributed by atoms with Gasteiger partial charge >= 0.3 is 0 Å². The van der Waals surface area contributed by atoms with E-state index >= 15 is 0 Å². The van der Waals surface area contributed by atoms with E-state index in [2.05, 4.69) is 11.9 Å². The summed E-state index contributed by atoms with van der Waals surface area (Å²) in [5, 5.41) is 2.94. The maximum absolute atomic E-state index is 11.9. The van der Waals surface area contributed by atoms with E-state index in [4.69, 9.17) is 0 Å². The summed E-state index contributed by atoms with van der Waals surface area (Å²) in [5.74, 6) is 0. The van der Waals surface area contributed by atoms with Gasteiger partial charge in [0.05, 0.1) is 5.25 Å². The fraction of sp³-hybridized carbons (Fsp3) is 0.778. The van der Waals surface area contributed by atoms with Gasteiger partial charge in [0, 0.05) is 13.6 Å². The summed E-state index contributed by atoms with van der Waals surface area (Å²) in [6, 6.07) is 0. The number of rotatable bonds is 4. The van der Waals surface area contributed by atoms with Crippen molar-refractivity contribution in [1.82, 2.24) is 9.62 Å². The summed E-state index contributed by atoms with van der Waals surface area (Å²) in [4.78, 5) is 0. The van der Waals surface area contributed by atoms with E-state index in [1.54, 1.807) is 13.1 Å². The quantitative estimate of drug-likeness (QED) is 0.685. The van der Waals surface area contributed by atoms with Gasteiger partial charge in [0.25, 0.3) is 0 Å². The van der Waals surface area contributed by atoms with E-state index < -0.39 is 10.0 Å². The van der Waals surface area contributed by atoms with E-state index in [1.807, 2.05) is 0 Å². The van der Waals surface area contributed by atoms with Gasteiger partial charge in [0.1, 0.15) is 0 Å². The summed E-state index contributed by atoms with van der Waals surface area (Å²) >= 11 is 0. The normalized spacial score (nSPS) is 19.9. The summed E-state index contributed by atoms with van der Waals surface area (Å²) in [6.07, 6.45) is 3.03. The van der Waals surface area contributed by atoms with Gasteiger partial charge in [0.15, 0.2) is 0 Å². The first-order valence-corrected chi connectivity index (χ1v) is 6.36. The number of sulfonamides is 1. The van der Waals surface area contributed by atoms with Crippen LogP contribution in [0.2, 0.25) is 0 Å². The molecule has 0 unspecified atom stereocenters. The van der Waals surface area contributed by atoms with E-state index in [-0.39, 0.29) is 5.25 Å². The zero-order valence-electron chi connectivity index (χ0n) is 8.57. The molecule has 0 saturated carbocycles. The molecule has 4 nitrogen and oxygen atoms in total. The number of piperidine rings is 1. The topological polar surface area (TPSA) is 49.4 Å². The zero-order valence-corrected chi connectivity index (χ0v) is 9.39. The number of likely N-dealkylation sites (N-methyl/N-ethyl adjacent to an activating group) is 1. The van der Waals surface area contributed by atoms with Crippen molar-refractivity contribution < 1.29 is 8.42 Å². The first-order valence-electron chi connectivity index (χ1n) is 4.86. The lowest BCUT2D eigenvalue weighted by atomic mass is 10.2. The van der Waals surface area contributed by atoms with Gasteiger partial charge in [-0.1, -0.05) is 6.08 Å². The van der Waals surface area contributed by atoms with E-state index in [1.165, 1.54) is 4.31 Å². The molecule has 0 amide bonds. The van der Waals surface area contributed by atoms with Crippen LogP contribution in [-0.2, 0) is 10.0 Å². The van der Waals surface area contributed by atoms with Gasteiger partial charge in [-0.2, -0.15) is 0 Å². The fourth-order valence-corrected chi connectivity index (χ4v) is 3.29. The average Bonchev–Trinajstić information content (AvgIpc) is 2.19. The lowest BCUT2D eigenvalue weighted by Gasteiger charge is -2.26. The Hall–Kier alpha value is -0.390. The molecule has 1 heterocycles. The Labute approximate surface area is 86.0 Å². The molecule has 1 aliphatic rings. The molecule has 14 heavy (non-hydrogen) atoms. The van der Waals surface area contributed by atoms with Crippen molar-refractivity contribution >= 4 is 10.0 Å². The summed E-state index contributed by atoms with van der Waals surface area (Å²) < 4.78 is 25.2. The van der Waals surface area contributed by atoms with Crippen LogP contribution in [0.4, 0.5) is 0 Å². The van der Waals surface area contributed by atoms with E-state index in [9.17, 15) is 8.42 Å². The van der Waals surface area contributed by atoms with E-state index in [0.29, 0.717) is 19.4 Å². The maximum atomic E-state index is 11.9. The number of hydrogen-bond acceptors (Lipinski definition) is 3. The second-order valence-electron chi connectivity index (χ2n) is 3.56. The molecule has 0 aromatic heterocycles. The number of nitrogens with one attached hydrogen (secondary N) is 1. The molecule has 1 N–H and O–H groups in total. The first-order chi connectivity index (χ1) is 6.59. The molecule has 1 rings (SSSR count). The van der Waals surface area contributed by atoms with Crippen molar-refractivity contribution in [3.05, 3.63) is 12.7 Å². The van der Waals surface area contributed by atoms with Crippen molar-refractivity contribution in [3.8, 4) is 0 Å². The molecule has 0 aromatic rings. The fourth-order valence-electron chi connectivity index (χ4n) is 1.63. The molecule has 0 atom stereocenters. The second-order valence-corrected chi connectivity index (χ2v) is 5.88. The minimum absolute atomic E-state index is 0.214. The highest BCUT2D eigenvalue weighted by atomic mass is 32.2. The zero-order chi connectivity index (χ0) is 10.6. The molecule has 0 aromatic carbocycles. The molecule has 1 aliphatic heterocycles. The summed E-state index contributed by atoms with van der Waals surface area (Å²) in [7, 11) is -1.49. The third kappa shape index (κ3) is 2.56. The number of hydrogen-bond donors (Lipinski definition) is 1. The SMILES string of the molecule is C=CCN(C)S(=O)(=O)C1CCNCC1. The lowest BCUT2D eigenvalue weighted by molar-refractivity contribution is 0.448. The van der Waals surface area contributed by atoms with Crippen molar-refractivity contribution in [2.24, 2.45) is 0 Å². The number of nitrogens with zero attached hydrogens (tertiary/aromatic N) is 1. The maximum Gasteiger partial charge on any atom is 0.217 e. The largest absolute Gasteiger partial charge is 0.317 e. The van der Waals surface area contributed by atoms with Crippen LogP contribution in [0, 0.1) is 0 Å². The second kappa shape index (κ2) is 4.91. The molecule has 0 bridgehead atoms. The van der Waals surface area contributed by atoms with Gasteiger partial charge < -0.3 is 5.32 Å². The van der Waals surface area contributed by atoms with Crippen LogP contribution in [0.15, 0.2) is 12.7 Å². The molecule has 5 heteroatoms. The van der Waals surface area contributed by atoms with Crippen LogP contribution < -0.4 is 5.32 Å². The van der Waals surface area contributed by atoms with Gasteiger partial charge in [-0.25, -0.2) is 12.7 Å². The molecular formula is C9H18N2O2S. The Morgan fingerprint density at radius 2 is 2.07 bits per heavy atom. The molecule has 0 aliphatic carbocycles. The highest BCUT2D eigenvalue weighted by Gasteiger charge is 2.29. The summed E-state index contributed by atoms with van der Waals surface area (Å²) in [5.41, 5.74) is 0. The van der Waals surface area contributed by atoms with Gasteiger partial charge in [-0.3, -0.25) is 0 Å². The van der Waals surface area contributed by atoms with Crippen molar-refractivity contribution in [1.29, 1.82) is 0 Å². The van der Waals surface area contributed by atoms with Crippen LogP contribution >= 0.6 is 0 Å². The van der Waals surface area contributed by atoms with Crippen molar-refractivity contribution in [3.63, 3.8) is 0 Å². The molecule has 1 saturated heterocycles. The molecular weight excluding hydrogens is 200 g/mol. The minimum atomic E-state index is -3.10. The Kier molecular flexibility index (Phi) is 4.10. The van der Waals surface area contributed by atoms with Crippen LogP contribution in [0.1, 0.15) is 12.8 Å². The van der Waals surface area contributed by atoms with Gasteiger partial charge in [-0.05, 0) is 25.9 Å². The third-order valence-corrected chi connectivity index (χ3v) is 4.86. The van der Waals surface area contributed by atoms with Crippen LogP contribution in [0.5, 0.6) is 0 Å².